The van der Waals surface area contributed by atoms with Crippen molar-refractivity contribution in [1.29, 1.82) is 0 Å². The van der Waals surface area contributed by atoms with Crippen molar-refractivity contribution in [3.8, 4) is 0 Å². The van der Waals surface area contributed by atoms with Crippen LogP contribution in [-0.2, 0) is 34.5 Å². The lowest BCUT2D eigenvalue weighted by Gasteiger charge is -2.43. The van der Waals surface area contributed by atoms with Crippen molar-refractivity contribution >= 4 is 32.8 Å². The fraction of sp³-hybridized carbons (Fsp3) is 0.525. The van der Waals surface area contributed by atoms with Gasteiger partial charge < -0.3 is 28.2 Å². The molecule has 0 unspecified atom stereocenters. The fourth-order valence-electron chi connectivity index (χ4n) is 6.99. The molecule has 1 heterocycles. The van der Waals surface area contributed by atoms with E-state index in [4.69, 9.17) is 23.1 Å². The van der Waals surface area contributed by atoms with Crippen LogP contribution in [0.25, 0.3) is 0 Å². The maximum absolute atomic E-state index is 14.3. The van der Waals surface area contributed by atoms with Gasteiger partial charge in [-0.05, 0) is 59.4 Å². The van der Waals surface area contributed by atoms with E-state index in [-0.39, 0.29) is 24.0 Å². The SMILES string of the molecule is CC[Si](CC)(CC)O[C@@H](C(=O)[C@@H]1COC(C)(C)O1)[C@@H](O)[C@H](CCO[Si](c1ccccc1)(c1ccccc1)C(C)(C)C)OCc1ccccc1. The molecule has 4 rings (SSSR count). The standard InChI is InChI=1S/C40H58O7Si2/c1-9-48(10-2,11-3)47-38(37(42)35-30-44-40(7,8)46-35)36(41)34(43-29-31-21-15-12-16-22-31)27-28-45-49(39(4,5)6,32-23-17-13-18-24-32)33-25-19-14-20-26-33/h12-26,34-36,38,41H,9-11,27-30H2,1-8H3/t34-,35-,36-,38+/m0/s1. The van der Waals surface area contributed by atoms with Crippen LogP contribution in [-0.4, -0.2) is 70.9 Å². The number of aliphatic hydroxyl groups excluding tert-OH is 1. The molecule has 0 spiro atoms. The maximum atomic E-state index is 14.3. The molecule has 9 heteroatoms. The van der Waals surface area contributed by atoms with Crippen LogP contribution in [0.2, 0.25) is 23.2 Å². The average molecular weight is 707 g/mol. The molecule has 1 fully saturated rings. The molecule has 268 valence electrons. The summed E-state index contributed by atoms with van der Waals surface area (Å²) >= 11 is 0. The van der Waals surface area contributed by atoms with Crippen LogP contribution < -0.4 is 10.4 Å². The average Bonchev–Trinajstić information content (AvgIpc) is 3.48. The highest BCUT2D eigenvalue weighted by Gasteiger charge is 2.51. The number of benzene rings is 3. The Hall–Kier alpha value is -2.48. The highest BCUT2D eigenvalue weighted by Crippen LogP contribution is 2.37. The number of hydrogen-bond donors (Lipinski definition) is 1. The minimum Gasteiger partial charge on any atom is -0.407 e. The normalized spacial score (nSPS) is 18.6. The first-order valence-electron chi connectivity index (χ1n) is 17.9. The van der Waals surface area contributed by atoms with Crippen molar-refractivity contribution in [2.45, 2.75) is 122 Å². The highest BCUT2D eigenvalue weighted by atomic mass is 28.4. The van der Waals surface area contributed by atoms with Crippen LogP contribution in [0.1, 0.15) is 67.4 Å². The summed E-state index contributed by atoms with van der Waals surface area (Å²) in [5.74, 6) is -1.19. The van der Waals surface area contributed by atoms with E-state index in [1.807, 2.05) is 42.5 Å². The number of rotatable bonds is 18. The highest BCUT2D eigenvalue weighted by molar-refractivity contribution is 6.99. The summed E-state index contributed by atoms with van der Waals surface area (Å²) in [4.78, 5) is 14.3. The Morgan fingerprint density at radius 2 is 1.39 bits per heavy atom. The maximum Gasteiger partial charge on any atom is 0.261 e. The molecule has 1 aliphatic rings. The number of carbonyl (C=O) groups is 1. The molecule has 0 bridgehead atoms. The number of Topliss-reactive ketones (excluding diaryl/α,β-unsaturated/α-hetero) is 1. The van der Waals surface area contributed by atoms with Gasteiger partial charge in [0.15, 0.2) is 19.9 Å². The quantitative estimate of drug-likeness (QED) is 0.143. The van der Waals surface area contributed by atoms with Gasteiger partial charge in [0, 0.05) is 6.61 Å². The molecule has 1 N–H and O–H groups in total. The molecular formula is C40H58O7Si2. The van der Waals surface area contributed by atoms with Gasteiger partial charge in [-0.2, -0.15) is 0 Å². The lowest BCUT2D eigenvalue weighted by atomic mass is 9.99. The van der Waals surface area contributed by atoms with Crippen LogP contribution in [0.15, 0.2) is 91.0 Å². The van der Waals surface area contributed by atoms with Gasteiger partial charge in [0.25, 0.3) is 8.32 Å². The van der Waals surface area contributed by atoms with Gasteiger partial charge in [0.1, 0.15) is 18.3 Å². The lowest BCUT2D eigenvalue weighted by Crippen LogP contribution is -2.66. The zero-order valence-electron chi connectivity index (χ0n) is 30.8. The van der Waals surface area contributed by atoms with Crippen LogP contribution in [0, 0.1) is 0 Å². The Balaban J connectivity index is 1.70. The van der Waals surface area contributed by atoms with Crippen molar-refractivity contribution in [2.75, 3.05) is 13.2 Å². The monoisotopic (exact) mass is 706 g/mol. The lowest BCUT2D eigenvalue weighted by molar-refractivity contribution is -0.164. The van der Waals surface area contributed by atoms with Crippen molar-refractivity contribution < 1.29 is 33.0 Å². The second-order valence-electron chi connectivity index (χ2n) is 14.6. The van der Waals surface area contributed by atoms with Gasteiger partial charge >= 0.3 is 0 Å². The van der Waals surface area contributed by atoms with E-state index in [9.17, 15) is 9.90 Å². The molecule has 3 aromatic carbocycles. The van der Waals surface area contributed by atoms with Gasteiger partial charge in [0.2, 0.25) is 0 Å². The first kappa shape index (κ1) is 39.3. The summed E-state index contributed by atoms with van der Waals surface area (Å²) < 4.78 is 32.4. The number of hydrogen-bond acceptors (Lipinski definition) is 7. The Morgan fingerprint density at radius 3 is 1.84 bits per heavy atom. The molecule has 0 radical (unpaired) electrons. The van der Waals surface area contributed by atoms with E-state index < -0.39 is 46.8 Å². The zero-order valence-corrected chi connectivity index (χ0v) is 32.8. The Kier molecular flexibility index (Phi) is 13.8. The van der Waals surface area contributed by atoms with E-state index in [2.05, 4.69) is 90.1 Å². The Labute approximate surface area is 296 Å². The Morgan fingerprint density at radius 1 is 0.878 bits per heavy atom. The number of ether oxygens (including phenoxy) is 3. The summed E-state index contributed by atoms with van der Waals surface area (Å²) in [5, 5.41) is 14.4. The second-order valence-corrected chi connectivity index (χ2v) is 23.7. The van der Waals surface area contributed by atoms with Crippen molar-refractivity contribution in [2.24, 2.45) is 0 Å². The van der Waals surface area contributed by atoms with Gasteiger partial charge in [-0.1, -0.05) is 133 Å². The molecule has 1 aliphatic heterocycles. The molecule has 3 aromatic rings. The molecule has 1 saturated heterocycles. The van der Waals surface area contributed by atoms with E-state index in [1.54, 1.807) is 13.8 Å². The molecule has 0 aliphatic carbocycles. The fourth-order valence-corrected chi connectivity index (χ4v) is 14.4. The van der Waals surface area contributed by atoms with E-state index in [0.717, 1.165) is 23.7 Å². The number of aliphatic hydroxyl groups is 1. The molecular weight excluding hydrogens is 649 g/mol. The summed E-state index contributed by atoms with van der Waals surface area (Å²) in [6, 6.07) is 33.4. The van der Waals surface area contributed by atoms with Gasteiger partial charge in [0.05, 0.1) is 19.3 Å². The predicted octanol–water partition coefficient (Wildman–Crippen LogP) is 7.01. The summed E-state index contributed by atoms with van der Waals surface area (Å²) in [6.07, 6.45) is -3.60. The molecule has 0 saturated carbocycles. The van der Waals surface area contributed by atoms with Gasteiger partial charge in [-0.25, -0.2) is 0 Å². The van der Waals surface area contributed by atoms with Crippen molar-refractivity contribution in [3.05, 3.63) is 96.6 Å². The number of ketones is 1. The molecule has 0 amide bonds. The third kappa shape index (κ3) is 9.45. The second kappa shape index (κ2) is 17.2. The summed E-state index contributed by atoms with van der Waals surface area (Å²) in [7, 11) is -5.20. The third-order valence-corrected chi connectivity index (χ3v) is 19.7. The van der Waals surface area contributed by atoms with Crippen molar-refractivity contribution in [3.63, 3.8) is 0 Å². The third-order valence-electron chi connectivity index (χ3n) is 10.1. The molecule has 4 atom stereocenters. The smallest absolute Gasteiger partial charge is 0.261 e. The summed E-state index contributed by atoms with van der Waals surface area (Å²) in [5.41, 5.74) is 0.977. The predicted molar refractivity (Wildman–Crippen MR) is 201 cm³/mol. The largest absolute Gasteiger partial charge is 0.407 e. The van der Waals surface area contributed by atoms with Crippen LogP contribution >= 0.6 is 0 Å². The zero-order chi connectivity index (χ0) is 35.7. The van der Waals surface area contributed by atoms with Crippen LogP contribution in [0.3, 0.4) is 0 Å². The summed E-state index contributed by atoms with van der Waals surface area (Å²) in [6.45, 7) is 17.4. The van der Waals surface area contributed by atoms with E-state index in [0.29, 0.717) is 13.0 Å². The molecule has 7 nitrogen and oxygen atoms in total. The Bertz CT molecular complexity index is 1380. The molecule has 0 aromatic heterocycles. The van der Waals surface area contributed by atoms with Crippen LogP contribution in [0.5, 0.6) is 0 Å². The topological polar surface area (TPSA) is 83.5 Å². The van der Waals surface area contributed by atoms with E-state index >= 15 is 0 Å². The van der Waals surface area contributed by atoms with E-state index in [1.165, 1.54) is 10.4 Å². The minimum atomic E-state index is -2.84. The first-order chi connectivity index (χ1) is 23.3. The van der Waals surface area contributed by atoms with Gasteiger partial charge in [-0.3, -0.25) is 4.79 Å². The molecule has 49 heavy (non-hydrogen) atoms. The van der Waals surface area contributed by atoms with Crippen LogP contribution in [0.4, 0.5) is 0 Å². The number of carbonyl (C=O) groups excluding carboxylic acids is 1. The van der Waals surface area contributed by atoms with Crippen molar-refractivity contribution in [1.82, 2.24) is 0 Å². The van der Waals surface area contributed by atoms with Gasteiger partial charge in [-0.15, -0.1) is 0 Å². The minimum absolute atomic E-state index is 0.115. The first-order valence-corrected chi connectivity index (χ1v) is 22.4.